The summed E-state index contributed by atoms with van der Waals surface area (Å²) in [4.78, 5) is 6.76. The van der Waals surface area contributed by atoms with E-state index >= 15 is 0 Å². The highest BCUT2D eigenvalue weighted by Crippen LogP contribution is 2.26. The van der Waals surface area contributed by atoms with Crippen LogP contribution in [0.15, 0.2) is 23.2 Å². The first-order chi connectivity index (χ1) is 14.4. The van der Waals surface area contributed by atoms with Crippen LogP contribution in [0.2, 0.25) is 0 Å². The van der Waals surface area contributed by atoms with Gasteiger partial charge < -0.3 is 25.0 Å². The molecule has 0 bridgehead atoms. The molecule has 0 spiro atoms. The molecule has 0 saturated carbocycles. The average Bonchev–Trinajstić information content (AvgIpc) is 2.73. The number of nitrogens with one attached hydrogen (secondary N) is 2. The van der Waals surface area contributed by atoms with E-state index in [4.69, 9.17) is 9.47 Å². The summed E-state index contributed by atoms with van der Waals surface area (Å²) in [7, 11) is 1.70. The van der Waals surface area contributed by atoms with Gasteiger partial charge in [-0.1, -0.05) is 6.92 Å². The fourth-order valence-corrected chi connectivity index (χ4v) is 3.57. The molecule has 1 fully saturated rings. The van der Waals surface area contributed by atoms with Crippen molar-refractivity contribution in [2.45, 2.75) is 59.2 Å². The molecule has 6 nitrogen and oxygen atoms in total. The molecule has 1 saturated heterocycles. The van der Waals surface area contributed by atoms with Gasteiger partial charge in [-0.25, -0.2) is 0 Å². The van der Waals surface area contributed by atoms with Crippen molar-refractivity contribution in [3.05, 3.63) is 23.8 Å². The zero-order valence-corrected chi connectivity index (χ0v) is 18.6. The molecule has 30 heavy (non-hydrogen) atoms. The summed E-state index contributed by atoms with van der Waals surface area (Å²) < 4.78 is 35.9. The summed E-state index contributed by atoms with van der Waals surface area (Å²) in [5.41, 5.74) is 0.616. The van der Waals surface area contributed by atoms with Gasteiger partial charge in [-0.15, -0.1) is 0 Å². The maximum atomic E-state index is 12.8. The van der Waals surface area contributed by atoms with E-state index in [1.165, 1.54) is 18.9 Å². The van der Waals surface area contributed by atoms with E-state index in [2.05, 4.69) is 34.4 Å². The Balaban J connectivity index is 1.91. The van der Waals surface area contributed by atoms with E-state index in [1.54, 1.807) is 19.2 Å². The van der Waals surface area contributed by atoms with Gasteiger partial charge in [-0.2, -0.15) is 8.78 Å². The molecule has 0 radical (unpaired) electrons. The van der Waals surface area contributed by atoms with Crippen molar-refractivity contribution in [1.82, 2.24) is 15.5 Å². The van der Waals surface area contributed by atoms with Crippen LogP contribution in [0.1, 0.15) is 45.6 Å². The number of rotatable bonds is 10. The number of alkyl halides is 2. The predicted octanol–water partition coefficient (Wildman–Crippen LogP) is 3.86. The number of hydrogen-bond acceptors (Lipinski definition) is 4. The minimum absolute atomic E-state index is 0.112. The molecule has 1 aromatic carbocycles. The first-order valence-electron chi connectivity index (χ1n) is 10.8. The Bertz CT molecular complexity index is 671. The van der Waals surface area contributed by atoms with Crippen molar-refractivity contribution >= 4 is 5.96 Å². The van der Waals surface area contributed by atoms with Crippen molar-refractivity contribution < 1.29 is 18.3 Å². The molecule has 1 atom stereocenters. The second-order valence-electron chi connectivity index (χ2n) is 7.90. The Kier molecular flexibility index (Phi) is 10.1. The van der Waals surface area contributed by atoms with Crippen molar-refractivity contribution in [2.75, 3.05) is 33.3 Å². The molecule has 1 aliphatic rings. The third-order valence-electron chi connectivity index (χ3n) is 5.24. The Labute approximate surface area is 179 Å². The smallest absolute Gasteiger partial charge is 0.387 e. The molecule has 1 heterocycles. The third kappa shape index (κ3) is 7.97. The molecule has 2 N–H and O–H groups in total. The molecular formula is C22H36F2N4O2. The van der Waals surface area contributed by atoms with E-state index in [9.17, 15) is 8.78 Å². The van der Waals surface area contributed by atoms with Crippen molar-refractivity contribution in [1.29, 1.82) is 0 Å². The SMILES string of the molecule is CCCOc1ccc(CNC(=NC)NCC2CCCN(C(C)C)C2)c(OC(F)F)c1. The summed E-state index contributed by atoms with van der Waals surface area (Å²) in [6, 6.07) is 5.58. The van der Waals surface area contributed by atoms with Crippen LogP contribution in [-0.2, 0) is 6.54 Å². The van der Waals surface area contributed by atoms with E-state index < -0.39 is 6.61 Å². The number of halogens is 2. The van der Waals surface area contributed by atoms with Crippen LogP contribution < -0.4 is 20.1 Å². The number of guanidine groups is 1. The van der Waals surface area contributed by atoms with Gasteiger partial charge in [0.2, 0.25) is 0 Å². The molecule has 8 heteroatoms. The topological polar surface area (TPSA) is 58.1 Å². The zero-order valence-electron chi connectivity index (χ0n) is 18.6. The highest BCUT2D eigenvalue weighted by Gasteiger charge is 2.21. The fraction of sp³-hybridized carbons (Fsp3) is 0.682. The summed E-state index contributed by atoms with van der Waals surface area (Å²) in [5, 5.41) is 6.56. The Morgan fingerprint density at radius 1 is 1.30 bits per heavy atom. The van der Waals surface area contributed by atoms with Gasteiger partial charge in [0.05, 0.1) is 6.61 Å². The summed E-state index contributed by atoms with van der Waals surface area (Å²) in [5.74, 6) is 1.84. The van der Waals surface area contributed by atoms with E-state index in [0.717, 1.165) is 26.1 Å². The predicted molar refractivity (Wildman–Crippen MR) is 116 cm³/mol. The summed E-state index contributed by atoms with van der Waals surface area (Å²) in [6.07, 6.45) is 3.24. The number of benzene rings is 1. The number of likely N-dealkylation sites (tertiary alicyclic amines) is 1. The normalized spacial score (nSPS) is 18.0. The second-order valence-corrected chi connectivity index (χ2v) is 7.90. The van der Waals surface area contributed by atoms with Crippen LogP contribution in [-0.4, -0.2) is 56.8 Å². The molecular weight excluding hydrogens is 390 g/mol. The van der Waals surface area contributed by atoms with Crippen molar-refractivity contribution in [3.63, 3.8) is 0 Å². The molecule has 1 aromatic rings. The fourth-order valence-electron chi connectivity index (χ4n) is 3.57. The maximum absolute atomic E-state index is 12.8. The van der Waals surface area contributed by atoms with Gasteiger partial charge in [0, 0.05) is 44.4 Å². The molecule has 1 unspecified atom stereocenters. The van der Waals surface area contributed by atoms with E-state index in [0.29, 0.717) is 42.4 Å². The summed E-state index contributed by atoms with van der Waals surface area (Å²) in [6.45, 7) is 7.46. The van der Waals surface area contributed by atoms with Gasteiger partial charge in [0.1, 0.15) is 11.5 Å². The summed E-state index contributed by atoms with van der Waals surface area (Å²) >= 11 is 0. The monoisotopic (exact) mass is 426 g/mol. The maximum Gasteiger partial charge on any atom is 0.387 e. The van der Waals surface area contributed by atoms with Crippen LogP contribution in [0.25, 0.3) is 0 Å². The quantitative estimate of drug-likeness (QED) is 0.440. The van der Waals surface area contributed by atoms with Gasteiger partial charge in [-0.3, -0.25) is 4.99 Å². The van der Waals surface area contributed by atoms with Gasteiger partial charge >= 0.3 is 6.61 Å². The second kappa shape index (κ2) is 12.6. The highest BCUT2D eigenvalue weighted by atomic mass is 19.3. The molecule has 0 aromatic heterocycles. The molecule has 170 valence electrons. The van der Waals surface area contributed by atoms with Crippen LogP contribution >= 0.6 is 0 Å². The van der Waals surface area contributed by atoms with E-state index in [1.807, 2.05) is 6.92 Å². The van der Waals surface area contributed by atoms with Crippen LogP contribution in [0.5, 0.6) is 11.5 Å². The number of ether oxygens (including phenoxy) is 2. The highest BCUT2D eigenvalue weighted by molar-refractivity contribution is 5.79. The number of aliphatic imine (C=N–C) groups is 1. The van der Waals surface area contributed by atoms with Gasteiger partial charge in [0.15, 0.2) is 5.96 Å². The van der Waals surface area contributed by atoms with Crippen molar-refractivity contribution in [3.8, 4) is 11.5 Å². The van der Waals surface area contributed by atoms with E-state index in [-0.39, 0.29) is 5.75 Å². The van der Waals surface area contributed by atoms with Crippen LogP contribution in [0, 0.1) is 5.92 Å². The van der Waals surface area contributed by atoms with Crippen LogP contribution in [0.4, 0.5) is 8.78 Å². The molecule has 0 aliphatic carbocycles. The third-order valence-corrected chi connectivity index (χ3v) is 5.24. The average molecular weight is 427 g/mol. The minimum Gasteiger partial charge on any atom is -0.493 e. The first kappa shape index (κ1) is 24.2. The molecule has 2 rings (SSSR count). The lowest BCUT2D eigenvalue weighted by Crippen LogP contribution is -2.46. The first-order valence-corrected chi connectivity index (χ1v) is 10.8. The zero-order chi connectivity index (χ0) is 21.9. The lowest BCUT2D eigenvalue weighted by molar-refractivity contribution is -0.0505. The Morgan fingerprint density at radius 2 is 2.10 bits per heavy atom. The largest absolute Gasteiger partial charge is 0.493 e. The lowest BCUT2D eigenvalue weighted by Gasteiger charge is -2.35. The minimum atomic E-state index is -2.89. The van der Waals surface area contributed by atoms with Gasteiger partial charge in [-0.05, 0) is 57.7 Å². The number of hydrogen-bond donors (Lipinski definition) is 2. The molecule has 1 aliphatic heterocycles. The Morgan fingerprint density at radius 3 is 2.77 bits per heavy atom. The van der Waals surface area contributed by atoms with Gasteiger partial charge in [0.25, 0.3) is 0 Å². The standard InChI is InChI=1S/C22H36F2N4O2/c1-5-11-29-19-9-8-18(20(12-19)30-21(23)24)14-27-22(25-4)26-13-17-7-6-10-28(15-17)16(2)3/h8-9,12,16-17,21H,5-7,10-11,13-15H2,1-4H3,(H2,25,26,27). The number of piperidine rings is 1. The number of nitrogens with zero attached hydrogens (tertiary/aromatic N) is 2. The Hall–Kier alpha value is -2.09. The van der Waals surface area contributed by atoms with Crippen LogP contribution in [0.3, 0.4) is 0 Å². The molecule has 0 amide bonds. The van der Waals surface area contributed by atoms with Crippen molar-refractivity contribution in [2.24, 2.45) is 10.9 Å². The lowest BCUT2D eigenvalue weighted by atomic mass is 9.97.